The SMILES string of the molecule is CN1CC[C@@H](CN)[C@H](CNC(=O)OC(C)(C)C)C1. The lowest BCUT2D eigenvalue weighted by Crippen LogP contribution is -2.46. The summed E-state index contributed by atoms with van der Waals surface area (Å²) in [7, 11) is 2.10. The molecule has 18 heavy (non-hydrogen) atoms. The summed E-state index contributed by atoms with van der Waals surface area (Å²) in [5.74, 6) is 0.914. The van der Waals surface area contributed by atoms with Gasteiger partial charge in [-0.3, -0.25) is 0 Å². The van der Waals surface area contributed by atoms with Crippen molar-refractivity contribution in [3.8, 4) is 0 Å². The van der Waals surface area contributed by atoms with Gasteiger partial charge in [-0.25, -0.2) is 4.79 Å². The minimum Gasteiger partial charge on any atom is -0.444 e. The quantitative estimate of drug-likeness (QED) is 0.792. The lowest BCUT2D eigenvalue weighted by molar-refractivity contribution is 0.0494. The Morgan fingerprint density at radius 2 is 2.11 bits per heavy atom. The van der Waals surface area contributed by atoms with E-state index in [0.717, 1.165) is 19.5 Å². The zero-order chi connectivity index (χ0) is 13.8. The molecule has 0 bridgehead atoms. The van der Waals surface area contributed by atoms with Gasteiger partial charge in [-0.1, -0.05) is 0 Å². The van der Waals surface area contributed by atoms with Crippen LogP contribution in [0.15, 0.2) is 0 Å². The van der Waals surface area contributed by atoms with E-state index in [9.17, 15) is 4.79 Å². The summed E-state index contributed by atoms with van der Waals surface area (Å²) in [5, 5.41) is 2.85. The average Bonchev–Trinajstić information content (AvgIpc) is 2.24. The van der Waals surface area contributed by atoms with Gasteiger partial charge < -0.3 is 20.7 Å². The molecule has 1 rings (SSSR count). The first-order valence-corrected chi connectivity index (χ1v) is 6.67. The van der Waals surface area contributed by atoms with Crippen molar-refractivity contribution in [3.05, 3.63) is 0 Å². The van der Waals surface area contributed by atoms with E-state index in [1.807, 2.05) is 20.8 Å². The van der Waals surface area contributed by atoms with Gasteiger partial charge in [0.05, 0.1) is 0 Å². The van der Waals surface area contributed by atoms with Crippen LogP contribution in [0, 0.1) is 11.8 Å². The molecule has 0 spiro atoms. The molecule has 0 radical (unpaired) electrons. The van der Waals surface area contributed by atoms with Gasteiger partial charge in [0, 0.05) is 13.1 Å². The number of likely N-dealkylation sites (tertiary alicyclic amines) is 1. The Labute approximate surface area is 110 Å². The summed E-state index contributed by atoms with van der Waals surface area (Å²) in [6.07, 6.45) is 0.764. The van der Waals surface area contributed by atoms with Crippen LogP contribution in [-0.4, -0.2) is 49.8 Å². The highest BCUT2D eigenvalue weighted by Crippen LogP contribution is 2.21. The fourth-order valence-corrected chi connectivity index (χ4v) is 2.33. The van der Waals surface area contributed by atoms with Gasteiger partial charge in [0.15, 0.2) is 0 Å². The van der Waals surface area contributed by atoms with E-state index >= 15 is 0 Å². The average molecular weight is 257 g/mol. The zero-order valence-electron chi connectivity index (χ0n) is 12.0. The molecule has 1 saturated heterocycles. The van der Waals surface area contributed by atoms with E-state index in [1.54, 1.807) is 0 Å². The summed E-state index contributed by atoms with van der Waals surface area (Å²) in [6.45, 7) is 9.00. The molecule has 3 N–H and O–H groups in total. The van der Waals surface area contributed by atoms with Gasteiger partial charge in [0.2, 0.25) is 0 Å². The number of nitrogens with two attached hydrogens (primary N) is 1. The van der Waals surface area contributed by atoms with E-state index in [0.29, 0.717) is 24.9 Å². The highest BCUT2D eigenvalue weighted by Gasteiger charge is 2.27. The molecule has 0 unspecified atom stereocenters. The molecular weight excluding hydrogens is 230 g/mol. The van der Waals surface area contributed by atoms with Crippen LogP contribution in [0.25, 0.3) is 0 Å². The smallest absolute Gasteiger partial charge is 0.407 e. The van der Waals surface area contributed by atoms with Crippen molar-refractivity contribution in [2.45, 2.75) is 32.8 Å². The predicted molar refractivity (Wildman–Crippen MR) is 72.4 cm³/mol. The molecular formula is C13H27N3O2. The Morgan fingerprint density at radius 1 is 1.44 bits per heavy atom. The maximum absolute atomic E-state index is 11.6. The number of alkyl carbamates (subject to hydrolysis) is 1. The lowest BCUT2D eigenvalue weighted by Gasteiger charge is -2.36. The first-order valence-electron chi connectivity index (χ1n) is 6.67. The lowest BCUT2D eigenvalue weighted by atomic mass is 9.85. The summed E-state index contributed by atoms with van der Waals surface area (Å²) in [4.78, 5) is 13.9. The Bertz CT molecular complexity index is 276. The number of rotatable bonds is 3. The summed E-state index contributed by atoms with van der Waals surface area (Å²) < 4.78 is 5.23. The Morgan fingerprint density at radius 3 is 2.67 bits per heavy atom. The van der Waals surface area contributed by atoms with Crippen molar-refractivity contribution in [2.24, 2.45) is 17.6 Å². The van der Waals surface area contributed by atoms with Crippen molar-refractivity contribution in [2.75, 3.05) is 33.2 Å². The van der Waals surface area contributed by atoms with Gasteiger partial charge in [-0.05, 0) is 59.2 Å². The number of amides is 1. The molecule has 0 aromatic rings. The zero-order valence-corrected chi connectivity index (χ0v) is 12.0. The van der Waals surface area contributed by atoms with Crippen LogP contribution in [0.1, 0.15) is 27.2 Å². The second kappa shape index (κ2) is 6.38. The number of carbonyl (C=O) groups excluding carboxylic acids is 1. The number of piperidine rings is 1. The molecule has 106 valence electrons. The Balaban J connectivity index is 2.38. The minimum atomic E-state index is -0.444. The standard InChI is InChI=1S/C13H27N3O2/c1-13(2,3)18-12(17)15-8-11-9-16(4)6-5-10(11)7-14/h10-11H,5-9,14H2,1-4H3,(H,15,17)/t10-,11+/m0/s1. The maximum atomic E-state index is 11.6. The number of carbonyl (C=O) groups is 1. The summed E-state index contributed by atoms with van der Waals surface area (Å²) in [6, 6.07) is 0. The number of nitrogens with one attached hydrogen (secondary N) is 1. The fraction of sp³-hybridized carbons (Fsp3) is 0.923. The second-order valence-corrected chi connectivity index (χ2v) is 6.19. The second-order valence-electron chi connectivity index (χ2n) is 6.19. The van der Waals surface area contributed by atoms with Crippen molar-refractivity contribution >= 4 is 6.09 Å². The van der Waals surface area contributed by atoms with Crippen molar-refractivity contribution < 1.29 is 9.53 Å². The van der Waals surface area contributed by atoms with Crippen molar-refractivity contribution in [3.63, 3.8) is 0 Å². The monoisotopic (exact) mass is 257 g/mol. The number of hydrogen-bond acceptors (Lipinski definition) is 4. The van der Waals surface area contributed by atoms with E-state index in [1.165, 1.54) is 0 Å². The van der Waals surface area contributed by atoms with E-state index in [2.05, 4.69) is 17.3 Å². The van der Waals surface area contributed by atoms with Gasteiger partial charge in [-0.15, -0.1) is 0 Å². The molecule has 0 aromatic heterocycles. The normalized spacial score (nSPS) is 25.8. The van der Waals surface area contributed by atoms with Crippen LogP contribution >= 0.6 is 0 Å². The predicted octanol–water partition coefficient (Wildman–Crippen LogP) is 1.04. The third-order valence-corrected chi connectivity index (χ3v) is 3.30. The molecule has 2 atom stereocenters. The van der Waals surface area contributed by atoms with Gasteiger partial charge in [-0.2, -0.15) is 0 Å². The third kappa shape index (κ3) is 5.23. The Hall–Kier alpha value is -0.810. The highest BCUT2D eigenvalue weighted by molar-refractivity contribution is 5.67. The topological polar surface area (TPSA) is 67.6 Å². The van der Waals surface area contributed by atoms with Gasteiger partial charge in [0.1, 0.15) is 5.60 Å². The maximum Gasteiger partial charge on any atom is 0.407 e. The molecule has 0 aromatic carbocycles. The molecule has 1 heterocycles. The van der Waals surface area contributed by atoms with E-state index < -0.39 is 5.60 Å². The van der Waals surface area contributed by atoms with Crippen molar-refractivity contribution in [1.82, 2.24) is 10.2 Å². The largest absolute Gasteiger partial charge is 0.444 e. The first-order chi connectivity index (χ1) is 8.31. The minimum absolute atomic E-state index is 0.341. The Kier molecular flexibility index (Phi) is 5.41. The van der Waals surface area contributed by atoms with Gasteiger partial charge >= 0.3 is 6.09 Å². The van der Waals surface area contributed by atoms with E-state index in [4.69, 9.17) is 10.5 Å². The summed E-state index contributed by atoms with van der Waals surface area (Å²) in [5.41, 5.74) is 5.34. The molecule has 1 aliphatic heterocycles. The number of hydrogen-bond donors (Lipinski definition) is 2. The molecule has 1 fully saturated rings. The molecule has 0 aliphatic carbocycles. The number of ether oxygens (including phenoxy) is 1. The van der Waals surface area contributed by atoms with Crippen LogP contribution in [0.2, 0.25) is 0 Å². The molecule has 1 amide bonds. The number of nitrogens with zero attached hydrogens (tertiary/aromatic N) is 1. The van der Waals surface area contributed by atoms with Crippen molar-refractivity contribution in [1.29, 1.82) is 0 Å². The van der Waals surface area contributed by atoms with E-state index in [-0.39, 0.29) is 6.09 Å². The molecule has 5 nitrogen and oxygen atoms in total. The summed E-state index contributed by atoms with van der Waals surface area (Å²) >= 11 is 0. The van der Waals surface area contributed by atoms with Crippen LogP contribution in [0.3, 0.4) is 0 Å². The first kappa shape index (κ1) is 15.2. The fourth-order valence-electron chi connectivity index (χ4n) is 2.33. The molecule has 5 heteroatoms. The van der Waals surface area contributed by atoms with Gasteiger partial charge in [0.25, 0.3) is 0 Å². The third-order valence-electron chi connectivity index (χ3n) is 3.30. The van der Waals surface area contributed by atoms with Crippen LogP contribution in [-0.2, 0) is 4.74 Å². The highest BCUT2D eigenvalue weighted by atomic mass is 16.6. The molecule has 1 aliphatic rings. The molecule has 0 saturated carbocycles. The van der Waals surface area contributed by atoms with Crippen LogP contribution in [0.4, 0.5) is 4.79 Å². The van der Waals surface area contributed by atoms with Crippen LogP contribution in [0.5, 0.6) is 0 Å². The van der Waals surface area contributed by atoms with Crippen LogP contribution < -0.4 is 11.1 Å².